The lowest BCUT2D eigenvalue weighted by Crippen LogP contribution is -2.41. The Bertz CT molecular complexity index is 1220. The maximum atomic E-state index is 13.0. The molecule has 1 aliphatic carbocycles. The molecule has 1 fully saturated rings. The van der Waals surface area contributed by atoms with Crippen LogP contribution >= 0.6 is 47.8 Å². The van der Waals surface area contributed by atoms with Crippen molar-refractivity contribution in [2.45, 2.75) is 32.1 Å². The summed E-state index contributed by atoms with van der Waals surface area (Å²) in [6.07, 6.45) is 10.2. The Kier molecular flexibility index (Phi) is 7.14. The summed E-state index contributed by atoms with van der Waals surface area (Å²) in [6.45, 7) is 1.56. The van der Waals surface area contributed by atoms with Crippen LogP contribution < -0.4 is 4.57 Å². The minimum Gasteiger partial charge on any atom is -0.342 e. The number of amides is 1. The predicted molar refractivity (Wildman–Crippen MR) is 143 cm³/mol. The van der Waals surface area contributed by atoms with Crippen molar-refractivity contribution in [2.75, 3.05) is 13.1 Å². The maximum Gasteiger partial charge on any atom is 0.226 e. The van der Waals surface area contributed by atoms with Gasteiger partial charge >= 0.3 is 0 Å². The van der Waals surface area contributed by atoms with E-state index >= 15 is 0 Å². The first-order valence-corrected chi connectivity index (χ1v) is 14.0. The van der Waals surface area contributed by atoms with Gasteiger partial charge in [-0.05, 0) is 56.3 Å². The first-order chi connectivity index (χ1) is 16.4. The van der Waals surface area contributed by atoms with E-state index in [9.17, 15) is 4.79 Å². The molecule has 2 aromatic heterocycles. The number of nitrogens with zero attached hydrogens (tertiary/aromatic N) is 3. The molecule has 2 aliphatic rings. The molecular formula is C27H26Br3N3O+2. The van der Waals surface area contributed by atoms with Gasteiger partial charge in [0.25, 0.3) is 0 Å². The van der Waals surface area contributed by atoms with Crippen LogP contribution in [-0.4, -0.2) is 28.9 Å². The van der Waals surface area contributed by atoms with E-state index in [4.69, 9.17) is 4.98 Å². The minimum atomic E-state index is 0.214. The van der Waals surface area contributed by atoms with E-state index in [1.165, 1.54) is 22.6 Å². The molecule has 0 spiro atoms. The Morgan fingerprint density at radius 3 is 2.47 bits per heavy atom. The van der Waals surface area contributed by atoms with Crippen LogP contribution in [0.3, 0.4) is 0 Å². The second-order valence-corrected chi connectivity index (χ2v) is 11.9. The van der Waals surface area contributed by atoms with Gasteiger partial charge in [0.05, 0.1) is 12.3 Å². The third-order valence-electron chi connectivity index (χ3n) is 6.92. The van der Waals surface area contributed by atoms with Gasteiger partial charge in [-0.25, -0.2) is 9.55 Å². The van der Waals surface area contributed by atoms with Gasteiger partial charge in [0, 0.05) is 98.3 Å². The van der Waals surface area contributed by atoms with Gasteiger partial charge in [0.2, 0.25) is 5.91 Å². The summed E-state index contributed by atoms with van der Waals surface area (Å²) in [4.78, 5) is 20.0. The van der Waals surface area contributed by atoms with Crippen LogP contribution in [0.1, 0.15) is 40.8 Å². The fourth-order valence-electron chi connectivity index (χ4n) is 5.18. The lowest BCUT2D eigenvalue weighted by molar-refractivity contribution is -0.671. The zero-order valence-electron chi connectivity index (χ0n) is 19.0. The Balaban J connectivity index is 1.40. The largest absolute Gasteiger partial charge is 0.342 e. The van der Waals surface area contributed by atoms with Crippen molar-refractivity contribution in [1.82, 2.24) is 9.88 Å². The molecule has 1 amide bonds. The number of benzene rings is 1. The zero-order valence-corrected chi connectivity index (χ0v) is 23.8. The Hall–Kier alpha value is -1.70. The highest BCUT2D eigenvalue weighted by atomic mass is 79.9. The molecular weight excluding hydrogens is 622 g/mol. The molecule has 0 atom stereocenters. The molecule has 174 valence electrons. The highest BCUT2D eigenvalue weighted by Gasteiger charge is 2.41. The lowest BCUT2D eigenvalue weighted by Gasteiger charge is -2.34. The van der Waals surface area contributed by atoms with Gasteiger partial charge in [-0.2, -0.15) is 0 Å². The van der Waals surface area contributed by atoms with Gasteiger partial charge in [-0.3, -0.25) is 4.79 Å². The van der Waals surface area contributed by atoms with Crippen LogP contribution in [0.25, 0.3) is 0 Å². The normalized spacial score (nSPS) is 16.1. The lowest BCUT2D eigenvalue weighted by atomic mass is 9.76. The van der Waals surface area contributed by atoms with E-state index in [0.717, 1.165) is 63.4 Å². The maximum absolute atomic E-state index is 13.0. The van der Waals surface area contributed by atoms with E-state index in [2.05, 4.69) is 66.0 Å². The van der Waals surface area contributed by atoms with Gasteiger partial charge in [-0.15, -0.1) is 0 Å². The average Bonchev–Trinajstić information content (AvgIpc) is 2.97. The Morgan fingerprint density at radius 1 is 1.06 bits per heavy atom. The third-order valence-corrected chi connectivity index (χ3v) is 8.43. The molecule has 4 nitrogen and oxygen atoms in total. The molecule has 0 unspecified atom stereocenters. The predicted octanol–water partition coefficient (Wildman–Crippen LogP) is 5.74. The van der Waals surface area contributed by atoms with Gasteiger partial charge in [0.1, 0.15) is 17.1 Å². The summed E-state index contributed by atoms with van der Waals surface area (Å²) < 4.78 is 5.21. The number of carbonyl (C=O) groups is 1. The Morgan fingerprint density at radius 2 is 1.74 bits per heavy atom. The summed E-state index contributed by atoms with van der Waals surface area (Å²) in [7, 11) is 1.99. The molecule has 0 saturated carbocycles. The van der Waals surface area contributed by atoms with Gasteiger partial charge in [0.15, 0.2) is 18.1 Å². The molecule has 7 heteroatoms. The van der Waals surface area contributed by atoms with Crippen molar-refractivity contribution in [1.29, 1.82) is 0 Å². The molecule has 34 heavy (non-hydrogen) atoms. The SMILES string of the molecule is C[n+]1ccc(CC(=O)N2CCC([C+]3c4ncc(Br)cc4CCc4cc(Br)cc(Br)c43)CC2)cc1. The van der Waals surface area contributed by atoms with E-state index in [-0.39, 0.29) is 5.91 Å². The molecule has 0 N–H and O–H groups in total. The topological polar surface area (TPSA) is 37.1 Å². The smallest absolute Gasteiger partial charge is 0.226 e. The number of piperidine rings is 1. The van der Waals surface area contributed by atoms with Crippen molar-refractivity contribution >= 4 is 53.7 Å². The number of halogens is 3. The van der Waals surface area contributed by atoms with Crippen molar-refractivity contribution in [3.05, 3.63) is 96.2 Å². The molecule has 5 rings (SSSR count). The molecule has 3 aromatic rings. The number of aryl methyl sites for hydroxylation is 3. The molecule has 0 bridgehead atoms. The molecule has 1 aliphatic heterocycles. The fourth-order valence-corrected chi connectivity index (χ4v) is 7.08. The standard InChI is InChI=1S/C27H26Br3N3O/c1-32-8-4-17(5-9-32)12-24(34)33-10-6-18(7-11-33)26-25-19(13-21(28)15-23(25)30)2-3-20-14-22(29)16-31-27(20)26/h4-5,8-9,13-16,18H,2-3,6-7,10-12H2,1H3/q+2. The quantitative estimate of drug-likeness (QED) is 0.269. The molecule has 3 heterocycles. The summed E-state index contributed by atoms with van der Waals surface area (Å²) in [6, 6.07) is 10.7. The zero-order chi connectivity index (χ0) is 23.8. The second kappa shape index (κ2) is 10.1. The molecule has 0 radical (unpaired) electrons. The van der Waals surface area contributed by atoms with Crippen LogP contribution in [0.4, 0.5) is 0 Å². The number of fused-ring (bicyclic) bond motifs is 2. The van der Waals surface area contributed by atoms with Crippen LogP contribution in [0.2, 0.25) is 0 Å². The van der Waals surface area contributed by atoms with E-state index in [1.807, 2.05) is 47.2 Å². The molecule has 1 saturated heterocycles. The van der Waals surface area contributed by atoms with Crippen LogP contribution in [-0.2, 0) is 31.1 Å². The summed E-state index contributed by atoms with van der Waals surface area (Å²) in [5.41, 5.74) is 6.11. The minimum absolute atomic E-state index is 0.214. The number of carbonyl (C=O) groups excluding carboxylic acids is 1. The number of hydrogen-bond donors (Lipinski definition) is 0. The van der Waals surface area contributed by atoms with Crippen LogP contribution in [0.5, 0.6) is 0 Å². The number of hydrogen-bond acceptors (Lipinski definition) is 2. The Labute approximate surface area is 226 Å². The number of aromatic nitrogens is 2. The number of rotatable bonds is 3. The van der Waals surface area contributed by atoms with E-state index in [0.29, 0.717) is 12.3 Å². The second-order valence-electron chi connectivity index (χ2n) is 9.20. The average molecular weight is 648 g/mol. The number of likely N-dealkylation sites (tertiary alicyclic amines) is 1. The third kappa shape index (κ3) is 4.98. The first-order valence-electron chi connectivity index (χ1n) is 11.6. The van der Waals surface area contributed by atoms with Gasteiger partial charge < -0.3 is 4.90 Å². The van der Waals surface area contributed by atoms with Crippen molar-refractivity contribution in [3.63, 3.8) is 0 Å². The van der Waals surface area contributed by atoms with Crippen molar-refractivity contribution < 1.29 is 9.36 Å². The first kappa shape index (κ1) is 24.0. The van der Waals surface area contributed by atoms with Crippen molar-refractivity contribution in [2.24, 2.45) is 13.0 Å². The highest BCUT2D eigenvalue weighted by Crippen LogP contribution is 2.45. The summed E-state index contributed by atoms with van der Waals surface area (Å²) >= 11 is 11.2. The fraction of sp³-hybridized carbons (Fsp3) is 0.333. The summed E-state index contributed by atoms with van der Waals surface area (Å²) in [5, 5.41) is 0. The van der Waals surface area contributed by atoms with E-state index in [1.54, 1.807) is 0 Å². The highest BCUT2D eigenvalue weighted by molar-refractivity contribution is 9.11. The molecule has 1 aromatic carbocycles. The van der Waals surface area contributed by atoms with Gasteiger partial charge in [-0.1, -0.05) is 0 Å². The van der Waals surface area contributed by atoms with Crippen LogP contribution in [0, 0.1) is 11.8 Å². The van der Waals surface area contributed by atoms with Crippen molar-refractivity contribution in [3.8, 4) is 0 Å². The monoisotopic (exact) mass is 645 g/mol. The van der Waals surface area contributed by atoms with Crippen LogP contribution in [0.15, 0.2) is 62.3 Å². The summed E-state index contributed by atoms with van der Waals surface area (Å²) in [5.74, 6) is 1.91. The van der Waals surface area contributed by atoms with E-state index < -0.39 is 0 Å². The number of pyridine rings is 2.